The number of nitrogens with zero attached hydrogens (tertiary/aromatic N) is 1. The van der Waals surface area contributed by atoms with Crippen LogP contribution in [0.15, 0.2) is 18.2 Å². The zero-order valence-electron chi connectivity index (χ0n) is 10.6. The van der Waals surface area contributed by atoms with Crippen molar-refractivity contribution in [1.82, 2.24) is 4.90 Å². The van der Waals surface area contributed by atoms with Crippen molar-refractivity contribution in [3.63, 3.8) is 0 Å². The smallest absolute Gasteiger partial charge is 0.307 e. The highest BCUT2D eigenvalue weighted by Crippen LogP contribution is 2.17. The third-order valence-electron chi connectivity index (χ3n) is 2.82. The standard InChI is InChI=1S/C13H18FNO3/c1-3-15(7-9(2)13(17)18)8-10-4-5-12(16)11(14)6-10/h4-6,9,16H,3,7-8H2,1-2H3,(H,17,18). The number of benzene rings is 1. The lowest BCUT2D eigenvalue weighted by Crippen LogP contribution is -2.31. The van der Waals surface area contributed by atoms with Crippen molar-refractivity contribution in [3.05, 3.63) is 29.6 Å². The third-order valence-corrected chi connectivity index (χ3v) is 2.82. The molecule has 100 valence electrons. The molecule has 0 amide bonds. The van der Waals surface area contributed by atoms with Crippen LogP contribution >= 0.6 is 0 Å². The van der Waals surface area contributed by atoms with E-state index in [4.69, 9.17) is 10.2 Å². The molecule has 0 aliphatic carbocycles. The lowest BCUT2D eigenvalue weighted by atomic mass is 10.1. The van der Waals surface area contributed by atoms with Crippen LogP contribution in [-0.2, 0) is 11.3 Å². The second kappa shape index (κ2) is 6.35. The lowest BCUT2D eigenvalue weighted by molar-refractivity contribution is -0.141. The largest absolute Gasteiger partial charge is 0.505 e. The minimum Gasteiger partial charge on any atom is -0.505 e. The van der Waals surface area contributed by atoms with Crippen LogP contribution in [0, 0.1) is 11.7 Å². The van der Waals surface area contributed by atoms with E-state index >= 15 is 0 Å². The minimum absolute atomic E-state index is 0.374. The number of carboxylic acids is 1. The Labute approximate surface area is 106 Å². The van der Waals surface area contributed by atoms with Crippen LogP contribution in [0.25, 0.3) is 0 Å². The average Bonchev–Trinajstić information content (AvgIpc) is 2.32. The summed E-state index contributed by atoms with van der Waals surface area (Å²) in [6.45, 7) is 5.12. The summed E-state index contributed by atoms with van der Waals surface area (Å²) in [7, 11) is 0. The minimum atomic E-state index is -0.842. The molecule has 2 N–H and O–H groups in total. The number of hydrogen-bond donors (Lipinski definition) is 2. The molecule has 1 atom stereocenters. The van der Waals surface area contributed by atoms with E-state index in [-0.39, 0.29) is 5.75 Å². The Morgan fingerprint density at radius 1 is 1.50 bits per heavy atom. The molecule has 4 nitrogen and oxygen atoms in total. The first-order valence-corrected chi connectivity index (χ1v) is 5.86. The molecule has 18 heavy (non-hydrogen) atoms. The summed E-state index contributed by atoms with van der Waals surface area (Å²) < 4.78 is 13.2. The molecular weight excluding hydrogens is 237 g/mol. The molecular formula is C13H18FNO3. The Kier molecular flexibility index (Phi) is 5.09. The zero-order valence-corrected chi connectivity index (χ0v) is 10.6. The van der Waals surface area contributed by atoms with Gasteiger partial charge in [-0.05, 0) is 24.2 Å². The van der Waals surface area contributed by atoms with Crippen molar-refractivity contribution in [2.24, 2.45) is 5.92 Å². The van der Waals surface area contributed by atoms with E-state index in [1.807, 2.05) is 11.8 Å². The maximum Gasteiger partial charge on any atom is 0.307 e. The number of halogens is 1. The summed E-state index contributed by atoms with van der Waals surface area (Å²) >= 11 is 0. The molecule has 0 aliphatic rings. The van der Waals surface area contributed by atoms with Crippen molar-refractivity contribution in [3.8, 4) is 5.75 Å². The van der Waals surface area contributed by atoms with E-state index < -0.39 is 17.7 Å². The Balaban J connectivity index is 2.67. The molecule has 0 bridgehead atoms. The van der Waals surface area contributed by atoms with Gasteiger partial charge in [-0.2, -0.15) is 0 Å². The molecule has 1 aromatic carbocycles. The van der Waals surface area contributed by atoms with Crippen LogP contribution in [0.3, 0.4) is 0 Å². The van der Waals surface area contributed by atoms with Gasteiger partial charge >= 0.3 is 5.97 Å². The second-order valence-corrected chi connectivity index (χ2v) is 4.35. The maximum atomic E-state index is 13.2. The van der Waals surface area contributed by atoms with Gasteiger partial charge < -0.3 is 10.2 Å². The van der Waals surface area contributed by atoms with E-state index in [0.717, 1.165) is 0 Å². The van der Waals surface area contributed by atoms with Crippen LogP contribution in [0.5, 0.6) is 5.75 Å². The molecule has 1 unspecified atom stereocenters. The fourth-order valence-electron chi connectivity index (χ4n) is 1.68. The van der Waals surface area contributed by atoms with Gasteiger partial charge in [0.25, 0.3) is 0 Å². The van der Waals surface area contributed by atoms with Gasteiger partial charge in [0.05, 0.1) is 5.92 Å². The first kappa shape index (κ1) is 14.4. The Morgan fingerprint density at radius 2 is 2.17 bits per heavy atom. The monoisotopic (exact) mass is 255 g/mol. The van der Waals surface area contributed by atoms with Crippen LogP contribution in [0.2, 0.25) is 0 Å². The number of phenols is 1. The van der Waals surface area contributed by atoms with Crippen molar-refractivity contribution >= 4 is 5.97 Å². The lowest BCUT2D eigenvalue weighted by Gasteiger charge is -2.22. The van der Waals surface area contributed by atoms with Gasteiger partial charge in [-0.3, -0.25) is 9.69 Å². The first-order chi connectivity index (χ1) is 8.43. The predicted molar refractivity (Wildman–Crippen MR) is 65.8 cm³/mol. The molecule has 0 aromatic heterocycles. The Hall–Kier alpha value is -1.62. The highest BCUT2D eigenvalue weighted by Gasteiger charge is 2.15. The molecule has 0 saturated heterocycles. The number of rotatable bonds is 6. The summed E-state index contributed by atoms with van der Waals surface area (Å²) in [4.78, 5) is 12.7. The van der Waals surface area contributed by atoms with Gasteiger partial charge in [-0.25, -0.2) is 4.39 Å². The van der Waals surface area contributed by atoms with Crippen molar-refractivity contribution in [2.45, 2.75) is 20.4 Å². The summed E-state index contributed by atoms with van der Waals surface area (Å²) in [6, 6.07) is 4.20. The highest BCUT2D eigenvalue weighted by atomic mass is 19.1. The molecule has 1 aromatic rings. The van der Waals surface area contributed by atoms with E-state index in [1.54, 1.807) is 13.0 Å². The predicted octanol–water partition coefficient (Wildman–Crippen LogP) is 2.07. The number of aromatic hydroxyl groups is 1. The fraction of sp³-hybridized carbons (Fsp3) is 0.462. The van der Waals surface area contributed by atoms with Crippen molar-refractivity contribution in [2.75, 3.05) is 13.1 Å². The highest BCUT2D eigenvalue weighted by molar-refractivity contribution is 5.69. The topological polar surface area (TPSA) is 60.8 Å². The van der Waals surface area contributed by atoms with Gasteiger partial charge in [0.1, 0.15) is 0 Å². The third kappa shape index (κ3) is 4.00. The molecule has 0 saturated carbocycles. The molecule has 1 rings (SSSR count). The summed E-state index contributed by atoms with van der Waals surface area (Å²) in [6.07, 6.45) is 0. The fourth-order valence-corrected chi connectivity index (χ4v) is 1.68. The number of carboxylic acid groups (broad SMARTS) is 1. The number of hydrogen-bond acceptors (Lipinski definition) is 3. The quantitative estimate of drug-likeness (QED) is 0.817. The number of aliphatic carboxylic acids is 1. The van der Waals surface area contributed by atoms with E-state index in [1.165, 1.54) is 12.1 Å². The number of carbonyl (C=O) groups is 1. The van der Waals surface area contributed by atoms with Crippen molar-refractivity contribution in [1.29, 1.82) is 0 Å². The van der Waals surface area contributed by atoms with Crippen LogP contribution in [-0.4, -0.2) is 34.2 Å². The maximum absolute atomic E-state index is 13.2. The summed E-state index contributed by atoms with van der Waals surface area (Å²) in [5, 5.41) is 17.9. The number of phenolic OH excluding ortho intramolecular Hbond substituents is 1. The van der Waals surface area contributed by atoms with Crippen LogP contribution in [0.4, 0.5) is 4.39 Å². The normalized spacial score (nSPS) is 12.7. The Morgan fingerprint density at radius 3 is 2.67 bits per heavy atom. The molecule has 0 aliphatic heterocycles. The summed E-state index contributed by atoms with van der Waals surface area (Å²) in [5.74, 6) is -2.34. The van der Waals surface area contributed by atoms with Gasteiger partial charge in [0.2, 0.25) is 0 Å². The summed E-state index contributed by atoms with van der Waals surface area (Å²) in [5.41, 5.74) is 0.713. The molecule has 0 heterocycles. The Bertz CT molecular complexity index is 423. The second-order valence-electron chi connectivity index (χ2n) is 4.35. The average molecular weight is 255 g/mol. The van der Waals surface area contributed by atoms with Crippen LogP contribution in [0.1, 0.15) is 19.4 Å². The zero-order chi connectivity index (χ0) is 13.7. The van der Waals surface area contributed by atoms with Gasteiger partial charge in [-0.15, -0.1) is 0 Å². The van der Waals surface area contributed by atoms with E-state index in [9.17, 15) is 9.18 Å². The van der Waals surface area contributed by atoms with Crippen LogP contribution < -0.4 is 0 Å². The first-order valence-electron chi connectivity index (χ1n) is 5.86. The molecule has 0 fully saturated rings. The van der Waals surface area contributed by atoms with Gasteiger partial charge in [0.15, 0.2) is 11.6 Å². The van der Waals surface area contributed by atoms with Crippen molar-refractivity contribution < 1.29 is 19.4 Å². The van der Waals surface area contributed by atoms with E-state index in [2.05, 4.69) is 0 Å². The molecule has 5 heteroatoms. The SMILES string of the molecule is CCN(Cc1ccc(O)c(F)c1)CC(C)C(=O)O. The van der Waals surface area contributed by atoms with E-state index in [0.29, 0.717) is 25.2 Å². The molecule has 0 radical (unpaired) electrons. The molecule has 0 spiro atoms. The van der Waals surface area contributed by atoms with Gasteiger partial charge in [0, 0.05) is 13.1 Å². The van der Waals surface area contributed by atoms with Gasteiger partial charge in [-0.1, -0.05) is 19.9 Å².